The van der Waals surface area contributed by atoms with E-state index in [0.717, 1.165) is 17.7 Å². The number of benzene rings is 2. The second-order valence-corrected chi connectivity index (χ2v) is 13.8. The third-order valence-electron chi connectivity index (χ3n) is 4.91. The predicted molar refractivity (Wildman–Crippen MR) is 109 cm³/mol. The highest BCUT2D eigenvalue weighted by atomic mass is 32.2. The average molecular weight is 427 g/mol. The van der Waals surface area contributed by atoms with Gasteiger partial charge in [0.1, 0.15) is 5.82 Å². The van der Waals surface area contributed by atoms with E-state index in [9.17, 15) is 21.2 Å². The largest absolute Gasteiger partial charge is 0.223 e. The first-order valence-corrected chi connectivity index (χ1v) is 12.0. The number of hydrogen-bond acceptors (Lipinski definition) is 4. The number of rotatable bonds is 6. The van der Waals surface area contributed by atoms with Crippen molar-refractivity contribution in [3.05, 3.63) is 59.9 Å². The minimum absolute atomic E-state index is 0.0884. The van der Waals surface area contributed by atoms with Crippen LogP contribution in [0.1, 0.15) is 46.6 Å². The summed E-state index contributed by atoms with van der Waals surface area (Å²) in [4.78, 5) is 0.340. The maximum Gasteiger partial charge on any atom is 0.183 e. The quantitative estimate of drug-likeness (QED) is 0.634. The highest BCUT2D eigenvalue weighted by Gasteiger charge is 2.35. The topological polar surface area (TPSA) is 68.3 Å². The molecule has 0 atom stereocenters. The van der Waals surface area contributed by atoms with Gasteiger partial charge in [-0.1, -0.05) is 12.1 Å². The molecule has 2 aromatic carbocycles. The van der Waals surface area contributed by atoms with Crippen LogP contribution in [0.4, 0.5) is 4.39 Å². The van der Waals surface area contributed by atoms with E-state index in [1.165, 1.54) is 12.1 Å². The molecule has 0 saturated carbocycles. The van der Waals surface area contributed by atoms with E-state index in [4.69, 9.17) is 0 Å². The highest BCUT2D eigenvalue weighted by molar-refractivity contribution is 7.93. The van der Waals surface area contributed by atoms with Gasteiger partial charge in [-0.05, 0) is 89.4 Å². The number of halogens is 1. The lowest BCUT2D eigenvalue weighted by Crippen LogP contribution is -2.32. The summed E-state index contributed by atoms with van der Waals surface area (Å²) in [5, 5.41) is 0. The van der Waals surface area contributed by atoms with Crippen molar-refractivity contribution in [2.75, 3.05) is 0 Å². The molecule has 0 aliphatic heterocycles. The molecule has 2 rings (SSSR count). The third kappa shape index (κ3) is 4.46. The van der Waals surface area contributed by atoms with E-state index < -0.39 is 35.0 Å². The Morgan fingerprint density at radius 1 is 0.714 bits per heavy atom. The van der Waals surface area contributed by atoms with Crippen LogP contribution in [-0.4, -0.2) is 26.3 Å². The van der Waals surface area contributed by atoms with Gasteiger partial charge in [-0.2, -0.15) is 0 Å². The average Bonchev–Trinajstić information content (AvgIpc) is 2.59. The Labute approximate surface area is 167 Å². The Kier molecular flexibility index (Phi) is 6.12. The van der Waals surface area contributed by atoms with Crippen LogP contribution in [0.25, 0.3) is 0 Å². The van der Waals surface area contributed by atoms with Gasteiger partial charge in [0, 0.05) is 0 Å². The van der Waals surface area contributed by atoms with Gasteiger partial charge in [-0.3, -0.25) is 0 Å². The normalized spacial score (nSPS) is 13.5. The molecule has 7 heteroatoms. The zero-order valence-corrected chi connectivity index (χ0v) is 18.5. The molecule has 0 N–H and O–H groups in total. The molecule has 0 aromatic heterocycles. The van der Waals surface area contributed by atoms with Gasteiger partial charge in [-0.25, -0.2) is 21.2 Å². The minimum Gasteiger partial charge on any atom is -0.223 e. The van der Waals surface area contributed by atoms with E-state index in [0.29, 0.717) is 12.8 Å². The third-order valence-corrected chi connectivity index (χ3v) is 9.96. The molecule has 0 amide bonds. The molecule has 0 bridgehead atoms. The van der Waals surface area contributed by atoms with Crippen molar-refractivity contribution in [2.24, 2.45) is 0 Å². The molecule has 4 nitrogen and oxygen atoms in total. The summed E-state index contributed by atoms with van der Waals surface area (Å²) < 4.78 is 61.9. The Morgan fingerprint density at radius 2 is 1.14 bits per heavy atom. The van der Waals surface area contributed by atoms with Gasteiger partial charge < -0.3 is 0 Å². The SMILES string of the molecule is CC(C)(C)S(=O)(=O)c1ccc(CCC(C)(C)S(=O)(=O)c2ccc(F)cc2)cc1. The smallest absolute Gasteiger partial charge is 0.183 e. The van der Waals surface area contributed by atoms with Crippen molar-refractivity contribution in [1.29, 1.82) is 0 Å². The standard InChI is InChI=1S/C21H27FO4S2/c1-20(2,3)27(23,24)18-10-6-16(7-11-18)14-15-21(4,5)28(25,26)19-12-8-17(22)9-13-19/h6-13H,14-15H2,1-5H3. The first-order valence-electron chi connectivity index (χ1n) is 9.02. The van der Waals surface area contributed by atoms with E-state index in [1.807, 2.05) is 0 Å². The molecule has 0 saturated heterocycles. The van der Waals surface area contributed by atoms with Crippen LogP contribution in [0.3, 0.4) is 0 Å². The summed E-state index contributed by atoms with van der Waals surface area (Å²) in [5.74, 6) is -0.484. The molecule has 0 aliphatic rings. The molecule has 2 aromatic rings. The Hall–Kier alpha value is -1.73. The maximum absolute atomic E-state index is 13.1. The van der Waals surface area contributed by atoms with Crippen molar-refractivity contribution in [2.45, 2.75) is 66.7 Å². The van der Waals surface area contributed by atoms with Crippen molar-refractivity contribution in [1.82, 2.24) is 0 Å². The molecule has 28 heavy (non-hydrogen) atoms. The fourth-order valence-corrected chi connectivity index (χ4v) is 5.41. The molecule has 154 valence electrons. The predicted octanol–water partition coefficient (Wildman–Crippen LogP) is 4.58. The number of sulfone groups is 2. The van der Waals surface area contributed by atoms with Gasteiger partial charge in [0.25, 0.3) is 0 Å². The van der Waals surface area contributed by atoms with Crippen molar-refractivity contribution in [3.63, 3.8) is 0 Å². The van der Waals surface area contributed by atoms with Crippen molar-refractivity contribution < 1.29 is 21.2 Å². The van der Waals surface area contributed by atoms with Crippen molar-refractivity contribution >= 4 is 19.7 Å². The molecule has 0 radical (unpaired) electrons. The molecule has 0 heterocycles. The Balaban J connectivity index is 2.18. The lowest BCUT2D eigenvalue weighted by molar-refractivity contribution is 0.526. The zero-order chi connectivity index (χ0) is 21.4. The second kappa shape index (κ2) is 7.59. The second-order valence-electron chi connectivity index (χ2n) is 8.48. The van der Waals surface area contributed by atoms with E-state index >= 15 is 0 Å². The van der Waals surface area contributed by atoms with Gasteiger partial charge in [-0.15, -0.1) is 0 Å². The lowest BCUT2D eigenvalue weighted by Gasteiger charge is -2.25. The summed E-state index contributed by atoms with van der Waals surface area (Å²) in [5.41, 5.74) is 0.857. The molecular weight excluding hydrogens is 399 g/mol. The van der Waals surface area contributed by atoms with Gasteiger partial charge in [0.2, 0.25) is 0 Å². The first kappa shape index (κ1) is 22.6. The summed E-state index contributed by atoms with van der Waals surface area (Å²) in [6.45, 7) is 8.24. The molecular formula is C21H27FO4S2. The number of hydrogen-bond donors (Lipinski definition) is 0. The van der Waals surface area contributed by atoms with Crippen LogP contribution in [0.5, 0.6) is 0 Å². The van der Waals surface area contributed by atoms with Gasteiger partial charge >= 0.3 is 0 Å². The monoisotopic (exact) mass is 426 g/mol. The number of aryl methyl sites for hydroxylation is 1. The van der Waals surface area contributed by atoms with E-state index in [2.05, 4.69) is 0 Å². The van der Waals surface area contributed by atoms with Gasteiger partial charge in [0.15, 0.2) is 19.7 Å². The van der Waals surface area contributed by atoms with Crippen LogP contribution in [0.2, 0.25) is 0 Å². The minimum atomic E-state index is -3.64. The van der Waals surface area contributed by atoms with E-state index in [1.54, 1.807) is 58.9 Å². The fourth-order valence-electron chi connectivity index (χ4n) is 2.70. The summed E-state index contributed by atoms with van der Waals surface area (Å²) >= 11 is 0. The Bertz CT molecular complexity index is 1030. The fraction of sp³-hybridized carbons (Fsp3) is 0.429. The van der Waals surface area contributed by atoms with E-state index in [-0.39, 0.29) is 9.79 Å². The summed E-state index contributed by atoms with van der Waals surface area (Å²) in [6.07, 6.45) is 0.821. The van der Waals surface area contributed by atoms with Crippen LogP contribution in [0, 0.1) is 5.82 Å². The molecule has 0 unspecified atom stereocenters. The molecule has 0 spiro atoms. The van der Waals surface area contributed by atoms with Crippen molar-refractivity contribution in [3.8, 4) is 0 Å². The summed E-state index contributed by atoms with van der Waals surface area (Å²) in [7, 11) is -7.06. The van der Waals surface area contributed by atoms with Crippen LogP contribution >= 0.6 is 0 Å². The van der Waals surface area contributed by atoms with Crippen LogP contribution < -0.4 is 0 Å². The molecule has 0 aliphatic carbocycles. The highest BCUT2D eigenvalue weighted by Crippen LogP contribution is 2.30. The maximum atomic E-state index is 13.1. The summed E-state index contributed by atoms with van der Waals surface area (Å²) in [6, 6.07) is 11.4. The lowest BCUT2D eigenvalue weighted by atomic mass is 10.0. The van der Waals surface area contributed by atoms with Gasteiger partial charge in [0.05, 0.1) is 19.3 Å². The zero-order valence-electron chi connectivity index (χ0n) is 16.9. The molecule has 0 fully saturated rings. The van der Waals surface area contributed by atoms with Crippen LogP contribution in [0.15, 0.2) is 58.3 Å². The first-order chi connectivity index (χ1) is 12.7. The Morgan fingerprint density at radius 3 is 1.61 bits per heavy atom. The van der Waals surface area contributed by atoms with Crippen LogP contribution in [-0.2, 0) is 26.1 Å².